The first kappa shape index (κ1) is 25.6. The number of nitrogen functional groups attached to an aromatic ring is 1. The molecule has 1 aliphatic rings. The van der Waals surface area contributed by atoms with E-state index < -0.39 is 5.60 Å². The van der Waals surface area contributed by atoms with Crippen LogP contribution in [-0.4, -0.2) is 44.7 Å². The zero-order valence-electron chi connectivity index (χ0n) is 21.8. The lowest BCUT2D eigenvalue weighted by Gasteiger charge is -2.29. The summed E-state index contributed by atoms with van der Waals surface area (Å²) in [6.45, 7) is 7.81. The van der Waals surface area contributed by atoms with Crippen molar-refractivity contribution < 1.29 is 14.3 Å². The summed E-state index contributed by atoms with van der Waals surface area (Å²) < 4.78 is 10.9. The van der Waals surface area contributed by atoms with E-state index in [4.69, 9.17) is 25.2 Å². The molecule has 3 aromatic heterocycles. The molecule has 0 saturated heterocycles. The summed E-state index contributed by atoms with van der Waals surface area (Å²) in [4.78, 5) is 30.6. The molecular weight excluding hydrogens is 456 g/mol. The zero-order valence-corrected chi connectivity index (χ0v) is 21.8. The van der Waals surface area contributed by atoms with E-state index >= 15 is 0 Å². The summed E-state index contributed by atoms with van der Waals surface area (Å²) >= 11 is 0. The summed E-state index contributed by atoms with van der Waals surface area (Å²) in [6.07, 6.45) is 6.94. The average molecular weight is 493 g/mol. The van der Waals surface area contributed by atoms with Gasteiger partial charge in [-0.1, -0.05) is 6.92 Å². The molecule has 0 unspecified atom stereocenters. The van der Waals surface area contributed by atoms with Crippen LogP contribution in [0.1, 0.15) is 65.4 Å². The molecule has 4 rings (SSSR count). The van der Waals surface area contributed by atoms with E-state index in [2.05, 4.69) is 22.2 Å². The van der Waals surface area contributed by atoms with Gasteiger partial charge < -0.3 is 20.5 Å². The summed E-state index contributed by atoms with van der Waals surface area (Å²) in [5, 5.41) is 3.50. The fourth-order valence-electron chi connectivity index (χ4n) is 4.68. The Labute approximate surface area is 212 Å². The van der Waals surface area contributed by atoms with Crippen molar-refractivity contribution in [1.82, 2.24) is 19.9 Å². The Morgan fingerprint density at radius 2 is 1.89 bits per heavy atom. The zero-order chi connectivity index (χ0) is 25.9. The number of pyridine rings is 2. The number of methoxy groups -OCH3 is 1. The van der Waals surface area contributed by atoms with Gasteiger partial charge in [0.25, 0.3) is 0 Å². The van der Waals surface area contributed by atoms with Crippen molar-refractivity contribution in [2.45, 2.75) is 77.9 Å². The molecule has 1 aliphatic carbocycles. The lowest BCUT2D eigenvalue weighted by molar-refractivity contribution is -0.156. The van der Waals surface area contributed by atoms with Gasteiger partial charge in [0.1, 0.15) is 16.9 Å². The molecule has 3 N–H and O–H groups in total. The van der Waals surface area contributed by atoms with E-state index in [1.54, 1.807) is 19.4 Å². The quantitative estimate of drug-likeness (QED) is 0.441. The topological polar surface area (TPSA) is 125 Å². The number of nitrogens with two attached hydrogens (primary N) is 1. The monoisotopic (exact) mass is 492 g/mol. The van der Waals surface area contributed by atoms with Gasteiger partial charge in [0.15, 0.2) is 0 Å². The number of hydrogen-bond donors (Lipinski definition) is 2. The third kappa shape index (κ3) is 6.19. The number of aryl methyl sites for hydroxylation is 1. The highest BCUT2D eigenvalue weighted by Crippen LogP contribution is 2.32. The normalized spacial score (nSPS) is 18.1. The predicted octanol–water partition coefficient (Wildman–Crippen LogP) is 4.94. The van der Waals surface area contributed by atoms with E-state index in [1.807, 2.05) is 32.9 Å². The first-order valence-electron chi connectivity index (χ1n) is 12.6. The van der Waals surface area contributed by atoms with Crippen LogP contribution in [0.25, 0.3) is 22.3 Å². The maximum Gasteiger partial charge on any atom is 0.306 e. The molecule has 0 radical (unpaired) electrons. The van der Waals surface area contributed by atoms with E-state index in [-0.39, 0.29) is 12.0 Å². The van der Waals surface area contributed by atoms with Crippen molar-refractivity contribution in [2.24, 2.45) is 5.92 Å². The Kier molecular flexibility index (Phi) is 7.56. The Balaban J connectivity index is 1.46. The van der Waals surface area contributed by atoms with Gasteiger partial charge >= 0.3 is 5.97 Å². The molecular formula is C27H36N6O3. The fraction of sp³-hybridized carbons (Fsp3) is 0.519. The highest BCUT2D eigenvalue weighted by atomic mass is 16.6. The van der Waals surface area contributed by atoms with Gasteiger partial charge in [-0.2, -0.15) is 4.98 Å². The number of carbonyl (C=O) groups excluding carboxylic acids is 1. The molecule has 0 spiro atoms. The van der Waals surface area contributed by atoms with Gasteiger partial charge in [0.05, 0.1) is 30.1 Å². The Bertz CT molecular complexity index is 1230. The van der Waals surface area contributed by atoms with E-state index in [9.17, 15) is 4.79 Å². The number of nitrogens with zero attached hydrogens (tertiary/aromatic N) is 4. The molecule has 0 atom stereocenters. The minimum atomic E-state index is -0.436. The standard InChI is InChI=1S/C27H36N6O3/c1-6-17-14-20(19-11-12-22(28)32-25(19)35-5)31-21-15-29-26(33-24(17)21)30-18-9-7-16(8-10-18)13-23(34)36-27(2,3)4/h11-12,14-16,18H,6-10,13H2,1-5H3,(H2,28,32)(H,29,30,33). The second-order valence-electron chi connectivity index (χ2n) is 10.4. The van der Waals surface area contributed by atoms with Crippen LogP contribution in [0.2, 0.25) is 0 Å². The maximum atomic E-state index is 12.2. The van der Waals surface area contributed by atoms with Crippen molar-refractivity contribution in [1.29, 1.82) is 0 Å². The number of esters is 1. The minimum Gasteiger partial charge on any atom is -0.480 e. The van der Waals surface area contributed by atoms with Gasteiger partial charge in [-0.3, -0.25) is 4.79 Å². The number of aromatic nitrogens is 4. The Morgan fingerprint density at radius 3 is 2.56 bits per heavy atom. The van der Waals surface area contributed by atoms with E-state index in [0.717, 1.165) is 60.0 Å². The molecule has 3 aromatic rings. The SMILES string of the molecule is CCc1cc(-c2ccc(N)nc2OC)nc2cnc(NC3CCC(CC(=O)OC(C)(C)C)CC3)nc12. The molecule has 192 valence electrons. The van der Waals surface area contributed by atoms with E-state index in [1.165, 1.54) is 0 Å². The van der Waals surface area contributed by atoms with Crippen LogP contribution in [0.15, 0.2) is 24.4 Å². The summed E-state index contributed by atoms with van der Waals surface area (Å²) in [5.74, 6) is 1.69. The van der Waals surface area contributed by atoms with Gasteiger partial charge in [-0.15, -0.1) is 0 Å². The number of anilines is 2. The second-order valence-corrected chi connectivity index (χ2v) is 10.4. The van der Waals surface area contributed by atoms with Gasteiger partial charge in [-0.05, 0) is 82.6 Å². The van der Waals surface area contributed by atoms with Gasteiger partial charge in [0.2, 0.25) is 11.8 Å². The fourth-order valence-corrected chi connectivity index (χ4v) is 4.68. The van der Waals surface area contributed by atoms with Crippen LogP contribution in [-0.2, 0) is 16.0 Å². The van der Waals surface area contributed by atoms with Crippen molar-refractivity contribution in [3.8, 4) is 17.1 Å². The minimum absolute atomic E-state index is 0.108. The van der Waals surface area contributed by atoms with Gasteiger partial charge in [-0.25, -0.2) is 15.0 Å². The van der Waals surface area contributed by atoms with Crippen LogP contribution < -0.4 is 15.8 Å². The Morgan fingerprint density at radius 1 is 1.14 bits per heavy atom. The summed E-state index contributed by atoms with van der Waals surface area (Å²) in [6, 6.07) is 5.91. The third-order valence-electron chi connectivity index (χ3n) is 6.41. The summed E-state index contributed by atoms with van der Waals surface area (Å²) in [7, 11) is 1.57. The molecule has 0 bridgehead atoms. The number of nitrogens with one attached hydrogen (secondary N) is 1. The van der Waals surface area contributed by atoms with Crippen LogP contribution in [0.5, 0.6) is 5.88 Å². The number of fused-ring (bicyclic) bond motifs is 1. The molecule has 0 aliphatic heterocycles. The molecule has 3 heterocycles. The van der Waals surface area contributed by atoms with E-state index in [0.29, 0.717) is 30.0 Å². The average Bonchev–Trinajstić information content (AvgIpc) is 2.83. The summed E-state index contributed by atoms with van der Waals surface area (Å²) in [5.41, 5.74) is 9.52. The molecule has 1 saturated carbocycles. The first-order chi connectivity index (χ1) is 17.1. The van der Waals surface area contributed by atoms with Crippen LogP contribution in [0, 0.1) is 5.92 Å². The number of ether oxygens (including phenoxy) is 2. The first-order valence-corrected chi connectivity index (χ1v) is 12.6. The molecule has 0 amide bonds. The maximum absolute atomic E-state index is 12.2. The molecule has 0 aromatic carbocycles. The number of rotatable bonds is 7. The second kappa shape index (κ2) is 10.6. The molecule has 9 nitrogen and oxygen atoms in total. The van der Waals surface area contributed by atoms with Crippen molar-refractivity contribution in [3.05, 3.63) is 30.0 Å². The van der Waals surface area contributed by atoms with Crippen LogP contribution in [0.4, 0.5) is 11.8 Å². The van der Waals surface area contributed by atoms with Crippen molar-refractivity contribution in [2.75, 3.05) is 18.2 Å². The lowest BCUT2D eigenvalue weighted by Crippen LogP contribution is -2.30. The predicted molar refractivity (Wildman–Crippen MR) is 141 cm³/mol. The molecule has 9 heteroatoms. The number of hydrogen-bond acceptors (Lipinski definition) is 9. The van der Waals surface area contributed by atoms with Gasteiger partial charge in [0, 0.05) is 12.5 Å². The molecule has 1 fully saturated rings. The smallest absolute Gasteiger partial charge is 0.306 e. The third-order valence-corrected chi connectivity index (χ3v) is 6.41. The lowest BCUT2D eigenvalue weighted by atomic mass is 9.84. The largest absolute Gasteiger partial charge is 0.480 e. The highest BCUT2D eigenvalue weighted by molar-refractivity contribution is 5.83. The Hall–Kier alpha value is -3.49. The van der Waals surface area contributed by atoms with Crippen LogP contribution in [0.3, 0.4) is 0 Å². The van der Waals surface area contributed by atoms with Crippen molar-refractivity contribution >= 4 is 28.8 Å². The van der Waals surface area contributed by atoms with Crippen molar-refractivity contribution in [3.63, 3.8) is 0 Å². The highest BCUT2D eigenvalue weighted by Gasteiger charge is 2.26. The van der Waals surface area contributed by atoms with Crippen LogP contribution >= 0.6 is 0 Å². The number of carbonyl (C=O) groups is 1. The molecule has 36 heavy (non-hydrogen) atoms.